The van der Waals surface area contributed by atoms with E-state index in [9.17, 15) is 0 Å². The molecule has 0 aromatic carbocycles. The molecule has 3 nitrogen and oxygen atoms in total. The zero-order valence-corrected chi connectivity index (χ0v) is 9.04. The second-order valence-corrected chi connectivity index (χ2v) is 3.90. The van der Waals surface area contributed by atoms with Crippen LogP contribution in [0.15, 0.2) is 36.8 Å². The average molecular weight is 206 g/mol. The van der Waals surface area contributed by atoms with Gasteiger partial charge in [-0.05, 0) is 6.08 Å². The normalized spacial score (nSPS) is 29.3. The lowest BCUT2D eigenvalue weighted by Crippen LogP contribution is -2.50. The Bertz CT molecular complexity index is 296. The van der Waals surface area contributed by atoms with Gasteiger partial charge in [-0.15, -0.1) is 0 Å². The summed E-state index contributed by atoms with van der Waals surface area (Å²) in [6.07, 6.45) is 4.70. The van der Waals surface area contributed by atoms with Crippen molar-refractivity contribution in [3.8, 4) is 0 Å². The molecule has 2 aliphatic heterocycles. The van der Waals surface area contributed by atoms with Crippen molar-refractivity contribution in [2.24, 2.45) is 0 Å². The molecule has 1 unspecified atom stereocenters. The predicted molar refractivity (Wildman–Crippen MR) is 61.4 cm³/mol. The van der Waals surface area contributed by atoms with Gasteiger partial charge in [-0.1, -0.05) is 19.2 Å². The summed E-state index contributed by atoms with van der Waals surface area (Å²) in [7, 11) is 0. The van der Waals surface area contributed by atoms with E-state index in [2.05, 4.69) is 23.4 Å². The van der Waals surface area contributed by atoms with Crippen molar-refractivity contribution < 1.29 is 4.74 Å². The van der Waals surface area contributed by atoms with Crippen molar-refractivity contribution in [3.05, 3.63) is 36.8 Å². The van der Waals surface area contributed by atoms with Crippen molar-refractivity contribution in [3.63, 3.8) is 0 Å². The van der Waals surface area contributed by atoms with E-state index < -0.39 is 0 Å². The highest BCUT2D eigenvalue weighted by Crippen LogP contribution is 2.24. The Morgan fingerprint density at radius 2 is 2.40 bits per heavy atom. The highest BCUT2D eigenvalue weighted by molar-refractivity contribution is 5.27. The minimum absolute atomic E-state index is 0.530. The van der Waals surface area contributed by atoms with Crippen LogP contribution in [0.4, 0.5) is 0 Å². The van der Waals surface area contributed by atoms with Gasteiger partial charge >= 0.3 is 0 Å². The van der Waals surface area contributed by atoms with Gasteiger partial charge in [0.15, 0.2) is 0 Å². The summed E-state index contributed by atoms with van der Waals surface area (Å²) < 4.78 is 5.67. The molecule has 0 bridgehead atoms. The molecule has 2 heterocycles. The molecule has 0 spiro atoms. The number of hydrogen-bond donors (Lipinski definition) is 1. The van der Waals surface area contributed by atoms with Crippen LogP contribution in [0.25, 0.3) is 0 Å². The standard InChI is InChI=1S/C12H18N2O/c1-3-4-12-10(2)14-7-6-13-9-11(14)5-8-15-12/h3-4,11,13H,1-2,5-9H2/b12-4+. The topological polar surface area (TPSA) is 24.5 Å². The van der Waals surface area contributed by atoms with Crippen LogP contribution in [0.3, 0.4) is 0 Å². The molecule has 15 heavy (non-hydrogen) atoms. The Morgan fingerprint density at radius 3 is 3.20 bits per heavy atom. The molecule has 0 aromatic rings. The minimum atomic E-state index is 0.530. The lowest BCUT2D eigenvalue weighted by molar-refractivity contribution is 0.199. The van der Waals surface area contributed by atoms with Crippen LogP contribution in [0, 0.1) is 0 Å². The van der Waals surface area contributed by atoms with Gasteiger partial charge in [0.2, 0.25) is 0 Å². The van der Waals surface area contributed by atoms with Crippen molar-refractivity contribution in [1.82, 2.24) is 10.2 Å². The molecule has 0 radical (unpaired) electrons. The summed E-state index contributed by atoms with van der Waals surface area (Å²) in [5, 5.41) is 3.40. The summed E-state index contributed by atoms with van der Waals surface area (Å²) in [6.45, 7) is 11.6. The van der Waals surface area contributed by atoms with Crippen molar-refractivity contribution in [1.29, 1.82) is 0 Å². The number of hydrogen-bond acceptors (Lipinski definition) is 3. The second kappa shape index (κ2) is 4.53. The molecule has 3 heteroatoms. The summed E-state index contributed by atoms with van der Waals surface area (Å²) in [4.78, 5) is 2.35. The number of nitrogens with zero attached hydrogens (tertiary/aromatic N) is 1. The molecule has 2 saturated heterocycles. The van der Waals surface area contributed by atoms with Gasteiger partial charge in [-0.3, -0.25) is 0 Å². The van der Waals surface area contributed by atoms with E-state index >= 15 is 0 Å². The fourth-order valence-corrected chi connectivity index (χ4v) is 2.16. The van der Waals surface area contributed by atoms with E-state index in [0.29, 0.717) is 6.04 Å². The zero-order valence-electron chi connectivity index (χ0n) is 9.04. The third-order valence-electron chi connectivity index (χ3n) is 2.96. The molecule has 0 saturated carbocycles. The van der Waals surface area contributed by atoms with Crippen LogP contribution < -0.4 is 5.32 Å². The van der Waals surface area contributed by atoms with E-state index in [1.165, 1.54) is 0 Å². The van der Waals surface area contributed by atoms with Crippen LogP contribution in [0.2, 0.25) is 0 Å². The molecular weight excluding hydrogens is 188 g/mol. The summed E-state index contributed by atoms with van der Waals surface area (Å²) in [5.41, 5.74) is 0.999. The smallest absolute Gasteiger partial charge is 0.141 e. The Balaban J connectivity index is 2.19. The molecule has 2 aliphatic rings. The van der Waals surface area contributed by atoms with Crippen molar-refractivity contribution in [2.45, 2.75) is 12.5 Å². The molecule has 82 valence electrons. The SMILES string of the molecule is C=C/C=C1/OCCC2CNCCN2C1=C. The molecule has 2 rings (SSSR count). The van der Waals surface area contributed by atoms with E-state index in [4.69, 9.17) is 4.74 Å². The van der Waals surface area contributed by atoms with E-state index in [-0.39, 0.29) is 0 Å². The summed E-state index contributed by atoms with van der Waals surface area (Å²) in [5.74, 6) is 0.870. The quantitative estimate of drug-likeness (QED) is 0.699. The largest absolute Gasteiger partial charge is 0.491 e. The number of ether oxygens (including phenoxy) is 1. The van der Waals surface area contributed by atoms with Crippen LogP contribution in [-0.4, -0.2) is 37.2 Å². The monoisotopic (exact) mass is 206 g/mol. The lowest BCUT2D eigenvalue weighted by Gasteiger charge is -2.36. The van der Waals surface area contributed by atoms with Crippen molar-refractivity contribution in [2.75, 3.05) is 26.2 Å². The van der Waals surface area contributed by atoms with Crippen LogP contribution in [-0.2, 0) is 4.74 Å². The highest BCUT2D eigenvalue weighted by Gasteiger charge is 2.27. The molecule has 0 amide bonds. The molecule has 0 aromatic heterocycles. The number of rotatable bonds is 1. The van der Waals surface area contributed by atoms with Gasteiger partial charge in [0, 0.05) is 32.1 Å². The molecule has 1 atom stereocenters. The van der Waals surface area contributed by atoms with Crippen LogP contribution in [0.1, 0.15) is 6.42 Å². The molecule has 1 N–H and O–H groups in total. The number of piperazine rings is 1. The first-order valence-corrected chi connectivity index (χ1v) is 5.45. The van der Waals surface area contributed by atoms with E-state index in [0.717, 1.165) is 44.1 Å². The minimum Gasteiger partial charge on any atom is -0.491 e. The van der Waals surface area contributed by atoms with Gasteiger partial charge in [0.1, 0.15) is 5.76 Å². The third kappa shape index (κ3) is 2.07. The van der Waals surface area contributed by atoms with Gasteiger partial charge in [0.25, 0.3) is 0 Å². The lowest BCUT2D eigenvalue weighted by atomic mass is 10.1. The van der Waals surface area contributed by atoms with E-state index in [1.807, 2.05) is 6.08 Å². The maximum absolute atomic E-state index is 5.67. The Hall–Kier alpha value is -1.22. The Kier molecular flexibility index (Phi) is 3.11. The Morgan fingerprint density at radius 1 is 1.53 bits per heavy atom. The maximum atomic E-state index is 5.67. The fraction of sp³-hybridized carbons (Fsp3) is 0.500. The predicted octanol–water partition coefficient (Wildman–Crippen LogP) is 1.26. The summed E-state index contributed by atoms with van der Waals surface area (Å²) in [6, 6.07) is 0.530. The first kappa shape index (κ1) is 10.3. The first-order chi connectivity index (χ1) is 7.33. The first-order valence-electron chi connectivity index (χ1n) is 5.45. The van der Waals surface area contributed by atoms with E-state index in [1.54, 1.807) is 6.08 Å². The molecule has 0 aliphatic carbocycles. The maximum Gasteiger partial charge on any atom is 0.141 e. The van der Waals surface area contributed by atoms with Gasteiger partial charge in [-0.2, -0.15) is 0 Å². The second-order valence-electron chi connectivity index (χ2n) is 3.90. The van der Waals surface area contributed by atoms with Gasteiger partial charge in [0.05, 0.1) is 12.3 Å². The summed E-state index contributed by atoms with van der Waals surface area (Å²) >= 11 is 0. The molecule has 2 fully saturated rings. The van der Waals surface area contributed by atoms with Gasteiger partial charge in [-0.25, -0.2) is 0 Å². The van der Waals surface area contributed by atoms with Crippen molar-refractivity contribution >= 4 is 0 Å². The fourth-order valence-electron chi connectivity index (χ4n) is 2.16. The van der Waals surface area contributed by atoms with Crippen LogP contribution >= 0.6 is 0 Å². The average Bonchev–Trinajstić information content (AvgIpc) is 2.41. The number of nitrogens with one attached hydrogen (secondary N) is 1. The Labute approximate surface area is 91.1 Å². The number of allylic oxidation sites excluding steroid dienone is 2. The number of fused-ring (bicyclic) bond motifs is 1. The highest BCUT2D eigenvalue weighted by atomic mass is 16.5. The zero-order chi connectivity index (χ0) is 10.7. The van der Waals surface area contributed by atoms with Crippen LogP contribution in [0.5, 0.6) is 0 Å². The van der Waals surface area contributed by atoms with Gasteiger partial charge < -0.3 is 15.0 Å². The third-order valence-corrected chi connectivity index (χ3v) is 2.96. The molecular formula is C12H18N2O.